The van der Waals surface area contributed by atoms with Crippen LogP contribution >= 0.6 is 12.4 Å². The number of aryl methyl sites for hydroxylation is 1. The number of rotatable bonds is 3. The van der Waals surface area contributed by atoms with E-state index >= 15 is 0 Å². The third kappa shape index (κ3) is 3.36. The molecule has 0 saturated heterocycles. The zero-order valence-corrected chi connectivity index (χ0v) is 13.8. The van der Waals surface area contributed by atoms with E-state index in [1.165, 1.54) is 5.56 Å². The summed E-state index contributed by atoms with van der Waals surface area (Å²) in [7, 11) is 1.88. The molecule has 0 atom stereocenters. The van der Waals surface area contributed by atoms with E-state index < -0.39 is 0 Å². The summed E-state index contributed by atoms with van der Waals surface area (Å²) in [4.78, 5) is 0. The Morgan fingerprint density at radius 3 is 2.26 bits per heavy atom. The fraction of sp³-hybridized carbons (Fsp3) is 0.111. The van der Waals surface area contributed by atoms with Gasteiger partial charge in [-0.05, 0) is 31.2 Å². The number of nitrogens with one attached hydrogen (secondary N) is 1. The van der Waals surface area contributed by atoms with E-state index in [1.54, 1.807) is 0 Å². The second-order valence-corrected chi connectivity index (χ2v) is 5.10. The summed E-state index contributed by atoms with van der Waals surface area (Å²) in [6.07, 6.45) is 0. The van der Waals surface area contributed by atoms with Crippen LogP contribution in [0.25, 0.3) is 16.9 Å². The average molecular weight is 325 g/mol. The lowest BCUT2D eigenvalue weighted by Gasteiger charge is -2.09. The average Bonchev–Trinajstić information content (AvgIpc) is 3.00. The molecule has 3 rings (SSSR count). The standard InChI is InChI=1S/C18H16N4.ClH/c1-13-3-5-14(6-4-13)18-11-16(12-19)21-22(18)17-9-7-15(20-2)8-10-17;/h3-11,20H,1-2H3;1H. The third-order valence-electron chi connectivity index (χ3n) is 3.57. The molecular weight excluding hydrogens is 308 g/mol. The molecule has 0 bridgehead atoms. The van der Waals surface area contributed by atoms with Gasteiger partial charge in [0.05, 0.1) is 11.4 Å². The highest BCUT2D eigenvalue weighted by Crippen LogP contribution is 2.25. The van der Waals surface area contributed by atoms with Gasteiger partial charge in [-0.1, -0.05) is 29.8 Å². The van der Waals surface area contributed by atoms with E-state index in [-0.39, 0.29) is 12.4 Å². The normalized spacial score (nSPS) is 9.78. The number of hydrogen-bond acceptors (Lipinski definition) is 3. The highest BCUT2D eigenvalue weighted by Gasteiger charge is 2.11. The molecule has 0 spiro atoms. The van der Waals surface area contributed by atoms with Crippen LogP contribution in [0, 0.1) is 18.3 Å². The maximum Gasteiger partial charge on any atom is 0.163 e. The second-order valence-electron chi connectivity index (χ2n) is 5.10. The van der Waals surface area contributed by atoms with Crippen molar-refractivity contribution in [1.82, 2.24) is 9.78 Å². The molecule has 23 heavy (non-hydrogen) atoms. The number of anilines is 1. The predicted molar refractivity (Wildman–Crippen MR) is 95.2 cm³/mol. The van der Waals surface area contributed by atoms with Crippen LogP contribution in [0.3, 0.4) is 0 Å². The highest BCUT2D eigenvalue weighted by atomic mass is 35.5. The summed E-state index contributed by atoms with van der Waals surface area (Å²) in [5, 5.41) is 16.6. The van der Waals surface area contributed by atoms with Crippen LogP contribution < -0.4 is 5.32 Å². The number of hydrogen-bond donors (Lipinski definition) is 1. The molecule has 1 aromatic heterocycles. The number of benzene rings is 2. The summed E-state index contributed by atoms with van der Waals surface area (Å²) < 4.78 is 1.81. The minimum absolute atomic E-state index is 0. The molecule has 3 aromatic rings. The summed E-state index contributed by atoms with van der Waals surface area (Å²) in [6, 6.07) is 20.1. The van der Waals surface area contributed by atoms with Crippen molar-refractivity contribution in [1.29, 1.82) is 5.26 Å². The number of nitrogens with zero attached hydrogens (tertiary/aromatic N) is 3. The highest BCUT2D eigenvalue weighted by molar-refractivity contribution is 5.85. The van der Waals surface area contributed by atoms with Crippen molar-refractivity contribution in [3.05, 3.63) is 65.9 Å². The minimum Gasteiger partial charge on any atom is -0.388 e. The first kappa shape index (κ1) is 16.6. The third-order valence-corrected chi connectivity index (χ3v) is 3.57. The van der Waals surface area contributed by atoms with E-state index in [2.05, 4.69) is 35.5 Å². The Labute approximate surface area is 141 Å². The van der Waals surface area contributed by atoms with Gasteiger partial charge in [-0.15, -0.1) is 12.4 Å². The quantitative estimate of drug-likeness (QED) is 0.786. The van der Waals surface area contributed by atoms with E-state index in [4.69, 9.17) is 5.26 Å². The van der Waals surface area contributed by atoms with Crippen molar-refractivity contribution in [3.63, 3.8) is 0 Å². The van der Waals surface area contributed by atoms with Crippen LogP contribution in [0.2, 0.25) is 0 Å². The van der Waals surface area contributed by atoms with E-state index in [0.717, 1.165) is 22.6 Å². The molecule has 0 amide bonds. The van der Waals surface area contributed by atoms with Gasteiger partial charge in [0, 0.05) is 24.4 Å². The molecule has 0 radical (unpaired) electrons. The maximum atomic E-state index is 9.16. The Hall–Kier alpha value is -2.77. The topological polar surface area (TPSA) is 53.6 Å². The largest absolute Gasteiger partial charge is 0.388 e. The van der Waals surface area contributed by atoms with E-state index in [0.29, 0.717) is 5.69 Å². The molecule has 2 aromatic carbocycles. The second kappa shape index (κ2) is 6.99. The Bertz CT molecular complexity index is 827. The predicted octanol–water partition coefficient (Wildman–Crippen LogP) is 4.18. The molecular formula is C18H17ClN4. The van der Waals surface area contributed by atoms with Gasteiger partial charge in [0.15, 0.2) is 5.69 Å². The molecule has 5 heteroatoms. The summed E-state index contributed by atoms with van der Waals surface area (Å²) in [6.45, 7) is 2.05. The first-order valence-corrected chi connectivity index (χ1v) is 7.06. The maximum absolute atomic E-state index is 9.16. The van der Waals surface area contributed by atoms with Gasteiger partial charge in [0.25, 0.3) is 0 Å². The van der Waals surface area contributed by atoms with E-state index in [1.807, 2.05) is 54.2 Å². The minimum atomic E-state index is 0. The van der Waals surface area contributed by atoms with Crippen molar-refractivity contribution in [2.45, 2.75) is 6.92 Å². The smallest absolute Gasteiger partial charge is 0.163 e. The van der Waals surface area contributed by atoms with Crippen LogP contribution in [-0.2, 0) is 0 Å². The molecule has 4 nitrogen and oxygen atoms in total. The summed E-state index contributed by atoms with van der Waals surface area (Å²) in [5.74, 6) is 0. The van der Waals surface area contributed by atoms with Crippen LogP contribution in [0.4, 0.5) is 5.69 Å². The molecule has 1 heterocycles. The summed E-state index contributed by atoms with van der Waals surface area (Å²) in [5.41, 5.74) is 5.53. The van der Waals surface area contributed by atoms with Crippen LogP contribution in [0.1, 0.15) is 11.3 Å². The number of aromatic nitrogens is 2. The van der Waals surface area contributed by atoms with Crippen molar-refractivity contribution in [3.8, 4) is 23.0 Å². The molecule has 0 unspecified atom stereocenters. The molecule has 0 aliphatic heterocycles. The number of halogens is 1. The Morgan fingerprint density at radius 1 is 1.04 bits per heavy atom. The zero-order valence-electron chi connectivity index (χ0n) is 12.9. The monoisotopic (exact) mass is 324 g/mol. The fourth-order valence-electron chi connectivity index (χ4n) is 2.33. The van der Waals surface area contributed by atoms with Gasteiger partial charge >= 0.3 is 0 Å². The Morgan fingerprint density at radius 2 is 1.70 bits per heavy atom. The molecule has 0 saturated carbocycles. The van der Waals surface area contributed by atoms with Gasteiger partial charge in [-0.25, -0.2) is 4.68 Å². The summed E-state index contributed by atoms with van der Waals surface area (Å²) >= 11 is 0. The lowest BCUT2D eigenvalue weighted by atomic mass is 10.1. The first-order chi connectivity index (χ1) is 10.7. The van der Waals surface area contributed by atoms with Crippen molar-refractivity contribution < 1.29 is 0 Å². The van der Waals surface area contributed by atoms with Gasteiger partial charge in [-0.2, -0.15) is 10.4 Å². The van der Waals surface area contributed by atoms with Crippen molar-refractivity contribution in [2.24, 2.45) is 0 Å². The lowest BCUT2D eigenvalue weighted by molar-refractivity contribution is 0.880. The van der Waals surface area contributed by atoms with Crippen LogP contribution in [0.5, 0.6) is 0 Å². The molecule has 116 valence electrons. The van der Waals surface area contributed by atoms with Crippen molar-refractivity contribution >= 4 is 18.1 Å². The van der Waals surface area contributed by atoms with Gasteiger partial charge in [0.2, 0.25) is 0 Å². The Balaban J connectivity index is 0.00000192. The molecule has 1 N–H and O–H groups in total. The zero-order chi connectivity index (χ0) is 15.5. The van der Waals surface area contributed by atoms with Gasteiger partial charge in [0.1, 0.15) is 6.07 Å². The Kier molecular flexibility index (Phi) is 5.05. The SMILES string of the molecule is CNc1ccc(-n2nc(C#N)cc2-c2ccc(C)cc2)cc1.Cl. The van der Waals surface area contributed by atoms with E-state index in [9.17, 15) is 0 Å². The molecule has 0 fully saturated rings. The lowest BCUT2D eigenvalue weighted by Crippen LogP contribution is -1.99. The van der Waals surface area contributed by atoms with Gasteiger partial charge in [-0.3, -0.25) is 0 Å². The van der Waals surface area contributed by atoms with Crippen LogP contribution in [-0.4, -0.2) is 16.8 Å². The first-order valence-electron chi connectivity index (χ1n) is 7.06. The van der Waals surface area contributed by atoms with Gasteiger partial charge < -0.3 is 5.32 Å². The molecule has 0 aliphatic rings. The fourth-order valence-corrected chi connectivity index (χ4v) is 2.33. The van der Waals surface area contributed by atoms with Crippen molar-refractivity contribution in [2.75, 3.05) is 12.4 Å². The molecule has 0 aliphatic carbocycles. The van der Waals surface area contributed by atoms with Crippen LogP contribution in [0.15, 0.2) is 54.6 Å². The number of nitriles is 1.